The Labute approximate surface area is 160 Å². The van der Waals surface area contributed by atoms with Gasteiger partial charge in [0.1, 0.15) is 11.6 Å². The minimum Gasteiger partial charge on any atom is -0.494 e. The highest BCUT2D eigenvalue weighted by Crippen LogP contribution is 2.26. The molecule has 0 fully saturated rings. The van der Waals surface area contributed by atoms with Crippen LogP contribution in [0.3, 0.4) is 0 Å². The van der Waals surface area contributed by atoms with Crippen LogP contribution < -0.4 is 5.56 Å². The highest BCUT2D eigenvalue weighted by atomic mass is 19.1. The van der Waals surface area contributed by atoms with Crippen molar-refractivity contribution in [2.75, 3.05) is 0 Å². The third-order valence-electron chi connectivity index (χ3n) is 4.48. The third kappa shape index (κ3) is 3.05. The number of aromatic nitrogens is 2. The van der Waals surface area contributed by atoms with Gasteiger partial charge in [0, 0.05) is 23.2 Å². The maximum absolute atomic E-state index is 13.8. The second-order valence-electron chi connectivity index (χ2n) is 6.30. The number of rotatable bonds is 3. The Morgan fingerprint density at radius 3 is 2.54 bits per heavy atom. The number of benzene rings is 2. The van der Waals surface area contributed by atoms with Crippen LogP contribution in [0.2, 0.25) is 0 Å². The van der Waals surface area contributed by atoms with E-state index in [1.54, 1.807) is 67.7 Å². The van der Waals surface area contributed by atoms with Gasteiger partial charge in [0.2, 0.25) is 5.88 Å². The van der Waals surface area contributed by atoms with E-state index in [-0.39, 0.29) is 17.3 Å². The van der Waals surface area contributed by atoms with Gasteiger partial charge in [-0.05, 0) is 42.8 Å². The molecule has 1 N–H and O–H groups in total. The molecule has 4 rings (SSSR count). The molecule has 2 aromatic heterocycles. The Hall–Kier alpha value is -3.80. The SMILES string of the molecule is Cc1ccc(N=Cc2c(O)n(-c3ccccn3)c(=O)c3ccccc23)cc1F. The zero-order chi connectivity index (χ0) is 19.7. The van der Waals surface area contributed by atoms with Crippen molar-refractivity contribution in [1.82, 2.24) is 9.55 Å². The molecular formula is C22H16FN3O2. The lowest BCUT2D eigenvalue weighted by molar-refractivity contribution is 0.435. The van der Waals surface area contributed by atoms with Gasteiger partial charge in [-0.3, -0.25) is 9.79 Å². The van der Waals surface area contributed by atoms with Crippen molar-refractivity contribution < 1.29 is 9.50 Å². The maximum atomic E-state index is 13.8. The van der Waals surface area contributed by atoms with Crippen LogP contribution in [-0.4, -0.2) is 20.9 Å². The lowest BCUT2D eigenvalue weighted by atomic mass is 10.1. The molecule has 0 saturated carbocycles. The van der Waals surface area contributed by atoms with Crippen molar-refractivity contribution in [3.05, 3.63) is 94.2 Å². The minimum absolute atomic E-state index is 0.279. The fourth-order valence-electron chi connectivity index (χ4n) is 2.99. The fourth-order valence-corrected chi connectivity index (χ4v) is 2.99. The van der Waals surface area contributed by atoms with Crippen molar-refractivity contribution in [2.24, 2.45) is 4.99 Å². The molecule has 0 amide bonds. The van der Waals surface area contributed by atoms with Gasteiger partial charge in [0.15, 0.2) is 0 Å². The van der Waals surface area contributed by atoms with Gasteiger partial charge in [-0.1, -0.05) is 30.3 Å². The van der Waals surface area contributed by atoms with Gasteiger partial charge in [-0.25, -0.2) is 13.9 Å². The summed E-state index contributed by atoms with van der Waals surface area (Å²) < 4.78 is 14.9. The molecule has 5 nitrogen and oxygen atoms in total. The van der Waals surface area contributed by atoms with Crippen LogP contribution in [0.25, 0.3) is 16.6 Å². The van der Waals surface area contributed by atoms with Crippen LogP contribution in [0.1, 0.15) is 11.1 Å². The Kier molecular flexibility index (Phi) is 4.45. The molecule has 0 aliphatic heterocycles. The summed E-state index contributed by atoms with van der Waals surface area (Å²) in [4.78, 5) is 21.4. The molecule has 0 aliphatic rings. The zero-order valence-corrected chi connectivity index (χ0v) is 15.0. The van der Waals surface area contributed by atoms with E-state index in [1.807, 2.05) is 0 Å². The summed E-state index contributed by atoms with van der Waals surface area (Å²) in [5.41, 5.74) is 0.894. The van der Waals surface area contributed by atoms with E-state index < -0.39 is 0 Å². The number of fused-ring (bicyclic) bond motifs is 1. The van der Waals surface area contributed by atoms with Crippen LogP contribution in [0.4, 0.5) is 10.1 Å². The third-order valence-corrected chi connectivity index (χ3v) is 4.48. The lowest BCUT2D eigenvalue weighted by Gasteiger charge is -2.12. The fraction of sp³-hybridized carbons (Fsp3) is 0.0455. The number of hydrogen-bond acceptors (Lipinski definition) is 4. The summed E-state index contributed by atoms with van der Waals surface area (Å²) in [5.74, 6) is -0.340. The van der Waals surface area contributed by atoms with E-state index in [0.29, 0.717) is 33.4 Å². The Morgan fingerprint density at radius 2 is 1.82 bits per heavy atom. The van der Waals surface area contributed by atoms with Gasteiger partial charge in [0.05, 0.1) is 11.3 Å². The first-order valence-corrected chi connectivity index (χ1v) is 8.64. The predicted octanol–water partition coefficient (Wildman–Crippen LogP) is 4.29. The van der Waals surface area contributed by atoms with Crippen molar-refractivity contribution in [3.8, 4) is 11.7 Å². The average Bonchev–Trinajstić information content (AvgIpc) is 2.71. The molecule has 0 radical (unpaired) electrons. The van der Waals surface area contributed by atoms with E-state index in [1.165, 1.54) is 12.3 Å². The molecule has 0 bridgehead atoms. The average molecular weight is 373 g/mol. The molecule has 0 spiro atoms. The molecule has 2 heterocycles. The van der Waals surface area contributed by atoms with Crippen molar-refractivity contribution in [3.63, 3.8) is 0 Å². The maximum Gasteiger partial charge on any atom is 0.267 e. The highest BCUT2D eigenvalue weighted by Gasteiger charge is 2.16. The lowest BCUT2D eigenvalue weighted by Crippen LogP contribution is -2.20. The quantitative estimate of drug-likeness (QED) is 0.545. The first-order valence-electron chi connectivity index (χ1n) is 8.64. The standard InChI is InChI=1S/C22H16FN3O2/c1-14-9-10-15(12-19(14)23)25-13-18-16-6-2-3-7-17(16)21(27)26(22(18)28)20-8-4-5-11-24-20/h2-13,28H,1H3. The normalized spacial score (nSPS) is 11.4. The summed E-state index contributed by atoms with van der Waals surface area (Å²) in [6.07, 6.45) is 2.97. The smallest absolute Gasteiger partial charge is 0.267 e. The molecule has 0 unspecified atom stereocenters. The van der Waals surface area contributed by atoms with E-state index in [0.717, 1.165) is 4.57 Å². The van der Waals surface area contributed by atoms with Crippen molar-refractivity contribution in [1.29, 1.82) is 0 Å². The number of nitrogens with zero attached hydrogens (tertiary/aromatic N) is 3. The highest BCUT2D eigenvalue weighted by molar-refractivity contribution is 6.02. The summed E-state index contributed by atoms with van der Waals surface area (Å²) in [7, 11) is 0. The molecular weight excluding hydrogens is 357 g/mol. The molecule has 6 heteroatoms. The summed E-state index contributed by atoms with van der Waals surface area (Å²) in [5, 5.41) is 11.8. The summed E-state index contributed by atoms with van der Waals surface area (Å²) in [6.45, 7) is 1.67. The van der Waals surface area contributed by atoms with E-state index in [4.69, 9.17) is 0 Å². The summed E-state index contributed by atoms with van der Waals surface area (Å²) in [6, 6.07) is 16.7. The second-order valence-corrected chi connectivity index (χ2v) is 6.30. The number of halogens is 1. The van der Waals surface area contributed by atoms with Gasteiger partial charge >= 0.3 is 0 Å². The molecule has 0 atom stereocenters. The van der Waals surface area contributed by atoms with E-state index >= 15 is 0 Å². The van der Waals surface area contributed by atoms with Crippen LogP contribution in [0.5, 0.6) is 5.88 Å². The van der Waals surface area contributed by atoms with E-state index in [9.17, 15) is 14.3 Å². The molecule has 0 saturated heterocycles. The first kappa shape index (κ1) is 17.6. The van der Waals surface area contributed by atoms with Crippen molar-refractivity contribution in [2.45, 2.75) is 6.92 Å². The molecule has 28 heavy (non-hydrogen) atoms. The Morgan fingerprint density at radius 1 is 1.07 bits per heavy atom. The van der Waals surface area contributed by atoms with Crippen LogP contribution in [0, 0.1) is 12.7 Å². The Balaban J connectivity index is 1.96. The second kappa shape index (κ2) is 7.08. The molecule has 138 valence electrons. The van der Waals surface area contributed by atoms with Crippen LogP contribution in [0.15, 0.2) is 76.6 Å². The largest absolute Gasteiger partial charge is 0.494 e. The Bertz CT molecular complexity index is 1260. The molecule has 2 aromatic carbocycles. The topological polar surface area (TPSA) is 67.5 Å². The van der Waals surface area contributed by atoms with E-state index in [2.05, 4.69) is 9.98 Å². The first-order chi connectivity index (χ1) is 13.6. The molecule has 4 aromatic rings. The number of pyridine rings is 2. The van der Waals surface area contributed by atoms with Crippen LogP contribution in [-0.2, 0) is 0 Å². The van der Waals surface area contributed by atoms with Crippen LogP contribution >= 0.6 is 0 Å². The van der Waals surface area contributed by atoms with Gasteiger partial charge in [0.25, 0.3) is 5.56 Å². The van der Waals surface area contributed by atoms with Gasteiger partial charge in [-0.15, -0.1) is 0 Å². The number of aliphatic imine (C=N–C) groups is 1. The van der Waals surface area contributed by atoms with Crippen molar-refractivity contribution >= 4 is 22.7 Å². The number of aryl methyl sites for hydroxylation is 1. The van der Waals surface area contributed by atoms with Gasteiger partial charge in [-0.2, -0.15) is 0 Å². The number of hydrogen-bond donors (Lipinski definition) is 1. The number of aromatic hydroxyl groups is 1. The summed E-state index contributed by atoms with van der Waals surface area (Å²) >= 11 is 0. The molecule has 0 aliphatic carbocycles. The predicted molar refractivity (Wildman–Crippen MR) is 107 cm³/mol. The zero-order valence-electron chi connectivity index (χ0n) is 15.0. The van der Waals surface area contributed by atoms with Gasteiger partial charge < -0.3 is 5.11 Å². The monoisotopic (exact) mass is 373 g/mol. The minimum atomic E-state index is -0.384.